The van der Waals surface area contributed by atoms with Crippen molar-refractivity contribution in [2.24, 2.45) is 5.73 Å². The summed E-state index contributed by atoms with van der Waals surface area (Å²) in [6.45, 7) is 3.34. The largest absolute Gasteiger partial charge is 0.318 e. The third-order valence-corrected chi connectivity index (χ3v) is 1.96. The third kappa shape index (κ3) is 1.36. The van der Waals surface area contributed by atoms with Gasteiger partial charge in [-0.1, -0.05) is 0 Å². The van der Waals surface area contributed by atoms with Crippen LogP contribution in [0.2, 0.25) is 0 Å². The van der Waals surface area contributed by atoms with Gasteiger partial charge in [-0.25, -0.2) is 0 Å². The van der Waals surface area contributed by atoms with Crippen LogP contribution in [0.4, 0.5) is 0 Å². The van der Waals surface area contributed by atoms with Crippen LogP contribution in [-0.2, 0) is 4.79 Å². The van der Waals surface area contributed by atoms with Gasteiger partial charge in [0.2, 0.25) is 0 Å². The fourth-order valence-electron chi connectivity index (χ4n) is 1.31. The van der Waals surface area contributed by atoms with Crippen LogP contribution in [0, 0.1) is 0 Å². The lowest BCUT2D eigenvalue weighted by Gasteiger charge is -2.33. The lowest BCUT2D eigenvalue weighted by atomic mass is 9.91. The van der Waals surface area contributed by atoms with Crippen LogP contribution in [-0.4, -0.2) is 36.4 Å². The average molecular weight is 142 g/mol. The zero-order chi connectivity index (χ0) is 7.78. The molecule has 0 amide bonds. The molecule has 0 bridgehead atoms. The van der Waals surface area contributed by atoms with E-state index in [0.29, 0.717) is 13.0 Å². The van der Waals surface area contributed by atoms with Gasteiger partial charge in [0.1, 0.15) is 0 Å². The van der Waals surface area contributed by atoms with Gasteiger partial charge in [0, 0.05) is 19.5 Å². The van der Waals surface area contributed by atoms with Crippen molar-refractivity contribution in [2.75, 3.05) is 20.1 Å². The van der Waals surface area contributed by atoms with Crippen molar-refractivity contribution >= 4 is 5.78 Å². The van der Waals surface area contributed by atoms with Gasteiger partial charge in [0.05, 0.1) is 5.54 Å². The van der Waals surface area contributed by atoms with E-state index in [0.717, 1.165) is 6.54 Å². The second kappa shape index (κ2) is 2.32. The van der Waals surface area contributed by atoms with Crippen LogP contribution in [0.25, 0.3) is 0 Å². The van der Waals surface area contributed by atoms with Gasteiger partial charge in [-0.2, -0.15) is 0 Å². The van der Waals surface area contributed by atoms with E-state index < -0.39 is 5.54 Å². The highest BCUT2D eigenvalue weighted by Crippen LogP contribution is 2.12. The Hall–Kier alpha value is -0.410. The Morgan fingerprint density at radius 1 is 1.70 bits per heavy atom. The summed E-state index contributed by atoms with van der Waals surface area (Å²) >= 11 is 0. The molecule has 1 saturated heterocycles. The number of nitrogens with two attached hydrogens (primary N) is 1. The SMILES string of the molecule is CN1CCC(=O)C(C)(N)C1. The lowest BCUT2D eigenvalue weighted by molar-refractivity contribution is -0.126. The summed E-state index contributed by atoms with van der Waals surface area (Å²) in [4.78, 5) is 13.2. The van der Waals surface area contributed by atoms with E-state index in [9.17, 15) is 4.79 Å². The number of rotatable bonds is 0. The second-order valence-electron chi connectivity index (χ2n) is 3.33. The maximum atomic E-state index is 11.1. The summed E-state index contributed by atoms with van der Waals surface area (Å²) < 4.78 is 0. The summed E-state index contributed by atoms with van der Waals surface area (Å²) in [5.41, 5.74) is 5.12. The molecule has 0 aromatic carbocycles. The van der Waals surface area contributed by atoms with E-state index in [1.165, 1.54) is 0 Å². The van der Waals surface area contributed by atoms with Crippen LogP contribution in [0.5, 0.6) is 0 Å². The number of nitrogens with zero attached hydrogens (tertiary/aromatic N) is 1. The van der Waals surface area contributed by atoms with Crippen LogP contribution in [0.1, 0.15) is 13.3 Å². The number of hydrogen-bond acceptors (Lipinski definition) is 3. The quantitative estimate of drug-likeness (QED) is 0.501. The standard InChI is InChI=1S/C7H14N2O/c1-7(8)5-9(2)4-3-6(7)10/h3-5,8H2,1-2H3. The van der Waals surface area contributed by atoms with Gasteiger partial charge in [0.25, 0.3) is 0 Å². The molecule has 3 heteroatoms. The second-order valence-corrected chi connectivity index (χ2v) is 3.33. The number of likely N-dealkylation sites (tertiary alicyclic amines) is 1. The molecular formula is C7H14N2O. The maximum Gasteiger partial charge on any atom is 0.154 e. The first-order valence-corrected chi connectivity index (χ1v) is 3.53. The molecule has 0 aliphatic carbocycles. The van der Waals surface area contributed by atoms with Crippen molar-refractivity contribution < 1.29 is 4.79 Å². The predicted molar refractivity (Wildman–Crippen MR) is 39.7 cm³/mol. The van der Waals surface area contributed by atoms with Crippen molar-refractivity contribution in [2.45, 2.75) is 18.9 Å². The molecule has 0 aromatic heterocycles. The van der Waals surface area contributed by atoms with Crippen LogP contribution >= 0.6 is 0 Å². The van der Waals surface area contributed by atoms with Crippen LogP contribution in [0.3, 0.4) is 0 Å². The van der Waals surface area contributed by atoms with Gasteiger partial charge < -0.3 is 10.6 Å². The first-order valence-electron chi connectivity index (χ1n) is 3.53. The predicted octanol–water partition coefficient (Wildman–Crippen LogP) is -0.392. The molecule has 0 aromatic rings. The molecular weight excluding hydrogens is 128 g/mol. The van der Waals surface area contributed by atoms with E-state index >= 15 is 0 Å². The first kappa shape index (κ1) is 7.69. The Bertz CT molecular complexity index is 154. The topological polar surface area (TPSA) is 46.3 Å². The summed E-state index contributed by atoms with van der Waals surface area (Å²) in [6, 6.07) is 0. The van der Waals surface area contributed by atoms with Gasteiger partial charge in [-0.05, 0) is 14.0 Å². The highest BCUT2D eigenvalue weighted by Gasteiger charge is 2.32. The fourth-order valence-corrected chi connectivity index (χ4v) is 1.31. The zero-order valence-electron chi connectivity index (χ0n) is 6.55. The number of likely N-dealkylation sites (N-methyl/N-ethyl adjacent to an activating group) is 1. The molecule has 1 heterocycles. The lowest BCUT2D eigenvalue weighted by Crippen LogP contribution is -2.57. The Morgan fingerprint density at radius 3 is 2.70 bits per heavy atom. The van der Waals surface area contributed by atoms with Crippen molar-refractivity contribution in [1.82, 2.24) is 4.90 Å². The minimum Gasteiger partial charge on any atom is -0.318 e. The molecule has 1 aliphatic rings. The molecule has 1 rings (SSSR count). The first-order chi connectivity index (χ1) is 4.52. The third-order valence-electron chi connectivity index (χ3n) is 1.96. The van der Waals surface area contributed by atoms with E-state index in [-0.39, 0.29) is 5.78 Å². The van der Waals surface area contributed by atoms with E-state index in [1.807, 2.05) is 7.05 Å². The normalized spacial score (nSPS) is 36.5. The van der Waals surface area contributed by atoms with Crippen LogP contribution < -0.4 is 5.73 Å². The summed E-state index contributed by atoms with van der Waals surface area (Å²) in [7, 11) is 1.98. The highest BCUT2D eigenvalue weighted by atomic mass is 16.1. The van der Waals surface area contributed by atoms with Crippen molar-refractivity contribution in [3.8, 4) is 0 Å². The monoisotopic (exact) mass is 142 g/mol. The Morgan fingerprint density at radius 2 is 2.30 bits per heavy atom. The zero-order valence-corrected chi connectivity index (χ0v) is 6.55. The fraction of sp³-hybridized carbons (Fsp3) is 0.857. The number of piperidine rings is 1. The van der Waals surface area contributed by atoms with Gasteiger partial charge >= 0.3 is 0 Å². The Labute approximate surface area is 61.2 Å². The molecule has 1 atom stereocenters. The summed E-state index contributed by atoms with van der Waals surface area (Å²) in [5, 5.41) is 0. The Kier molecular flexibility index (Phi) is 1.79. The molecule has 1 aliphatic heterocycles. The average Bonchev–Trinajstić information content (AvgIpc) is 1.78. The maximum absolute atomic E-state index is 11.1. The van der Waals surface area contributed by atoms with Crippen molar-refractivity contribution in [3.63, 3.8) is 0 Å². The van der Waals surface area contributed by atoms with Gasteiger partial charge in [-0.15, -0.1) is 0 Å². The summed E-state index contributed by atoms with van der Waals surface area (Å²) in [6.07, 6.45) is 0.601. The highest BCUT2D eigenvalue weighted by molar-refractivity contribution is 5.88. The number of carbonyl (C=O) groups is 1. The molecule has 58 valence electrons. The van der Waals surface area contributed by atoms with Crippen molar-refractivity contribution in [3.05, 3.63) is 0 Å². The minimum atomic E-state index is -0.604. The van der Waals surface area contributed by atoms with Gasteiger partial charge in [0.15, 0.2) is 5.78 Å². The van der Waals surface area contributed by atoms with E-state index in [2.05, 4.69) is 4.90 Å². The molecule has 0 spiro atoms. The number of ketones is 1. The number of Topliss-reactive ketones (excluding diaryl/α,β-unsaturated/α-hetero) is 1. The molecule has 1 fully saturated rings. The molecule has 0 radical (unpaired) electrons. The minimum absolute atomic E-state index is 0.186. The molecule has 1 unspecified atom stereocenters. The number of carbonyl (C=O) groups excluding carboxylic acids is 1. The van der Waals surface area contributed by atoms with Crippen LogP contribution in [0.15, 0.2) is 0 Å². The number of hydrogen-bond donors (Lipinski definition) is 1. The molecule has 3 nitrogen and oxygen atoms in total. The molecule has 2 N–H and O–H groups in total. The molecule has 10 heavy (non-hydrogen) atoms. The van der Waals surface area contributed by atoms with Crippen molar-refractivity contribution in [1.29, 1.82) is 0 Å². The smallest absolute Gasteiger partial charge is 0.154 e. The summed E-state index contributed by atoms with van der Waals surface area (Å²) in [5.74, 6) is 0.186. The van der Waals surface area contributed by atoms with E-state index in [1.54, 1.807) is 6.92 Å². The van der Waals surface area contributed by atoms with Gasteiger partial charge in [-0.3, -0.25) is 4.79 Å². The van der Waals surface area contributed by atoms with E-state index in [4.69, 9.17) is 5.73 Å². The molecule has 0 saturated carbocycles. The Balaban J connectivity index is 2.63.